The molecular formula is C28H24ClN3O3. The van der Waals surface area contributed by atoms with Crippen LogP contribution in [0.3, 0.4) is 0 Å². The summed E-state index contributed by atoms with van der Waals surface area (Å²) in [6.45, 7) is 0.335. The van der Waals surface area contributed by atoms with Crippen LogP contribution >= 0.6 is 11.6 Å². The summed E-state index contributed by atoms with van der Waals surface area (Å²) in [6, 6.07) is 22.2. The predicted octanol–water partition coefficient (Wildman–Crippen LogP) is 4.72. The third-order valence-corrected chi connectivity index (χ3v) is 7.30. The fourth-order valence-corrected chi connectivity index (χ4v) is 5.72. The maximum atomic E-state index is 13.9. The SMILES string of the molecule is COc1ccccc1CN1CC(=O)N2C(c3cccc(Cl)c3)c3[nH]c4ccccc4c3C[C@H]2C1=O. The molecule has 0 spiro atoms. The topological polar surface area (TPSA) is 65.6 Å². The Kier molecular flexibility index (Phi) is 5.26. The molecule has 2 aliphatic heterocycles. The molecule has 2 aliphatic rings. The molecule has 1 unspecified atom stereocenters. The van der Waals surface area contributed by atoms with Gasteiger partial charge in [0.1, 0.15) is 18.3 Å². The van der Waals surface area contributed by atoms with E-state index in [1.54, 1.807) is 16.9 Å². The van der Waals surface area contributed by atoms with Gasteiger partial charge in [-0.1, -0.05) is 60.1 Å². The van der Waals surface area contributed by atoms with Gasteiger partial charge in [0.25, 0.3) is 0 Å². The van der Waals surface area contributed by atoms with Gasteiger partial charge in [0.15, 0.2) is 0 Å². The molecule has 4 aromatic rings. The normalized spacial score (nSPS) is 19.6. The van der Waals surface area contributed by atoms with E-state index >= 15 is 0 Å². The van der Waals surface area contributed by atoms with E-state index in [1.165, 1.54) is 0 Å². The Labute approximate surface area is 208 Å². The van der Waals surface area contributed by atoms with Crippen LogP contribution in [0.1, 0.15) is 28.4 Å². The van der Waals surface area contributed by atoms with Crippen LogP contribution < -0.4 is 4.74 Å². The Hall–Kier alpha value is -3.77. The number of nitrogens with zero attached hydrogens (tertiary/aromatic N) is 2. The predicted molar refractivity (Wildman–Crippen MR) is 134 cm³/mol. The second kappa shape index (κ2) is 8.47. The zero-order chi connectivity index (χ0) is 24.1. The van der Waals surface area contributed by atoms with Gasteiger partial charge in [-0.25, -0.2) is 0 Å². The molecule has 0 aliphatic carbocycles. The Morgan fingerprint density at radius 1 is 1.03 bits per heavy atom. The number of carbonyl (C=O) groups excluding carboxylic acids is 2. The van der Waals surface area contributed by atoms with Gasteiger partial charge in [-0.3, -0.25) is 9.59 Å². The number of aromatic nitrogens is 1. The zero-order valence-electron chi connectivity index (χ0n) is 19.2. The average Bonchev–Trinajstić information content (AvgIpc) is 3.24. The van der Waals surface area contributed by atoms with Crippen LogP contribution in [0.15, 0.2) is 72.8 Å². The smallest absolute Gasteiger partial charge is 0.246 e. The van der Waals surface area contributed by atoms with Gasteiger partial charge in [-0.2, -0.15) is 0 Å². The summed E-state index contributed by atoms with van der Waals surface area (Å²) in [6.07, 6.45) is 0.462. The lowest BCUT2D eigenvalue weighted by Gasteiger charge is -2.47. The molecule has 0 bridgehead atoms. The number of methoxy groups -OCH3 is 1. The number of amides is 2. The quantitative estimate of drug-likeness (QED) is 0.455. The highest BCUT2D eigenvalue weighted by atomic mass is 35.5. The fourth-order valence-electron chi connectivity index (χ4n) is 5.52. The van der Waals surface area contributed by atoms with Crippen LogP contribution in [-0.4, -0.2) is 46.3 Å². The maximum Gasteiger partial charge on any atom is 0.246 e. The molecule has 176 valence electrons. The number of ether oxygens (including phenoxy) is 1. The molecule has 1 aromatic heterocycles. The second-order valence-electron chi connectivity index (χ2n) is 9.05. The minimum atomic E-state index is -0.596. The highest BCUT2D eigenvalue weighted by Gasteiger charge is 2.48. The van der Waals surface area contributed by atoms with Crippen molar-refractivity contribution in [1.29, 1.82) is 0 Å². The molecule has 7 heteroatoms. The molecule has 6 nitrogen and oxygen atoms in total. The van der Waals surface area contributed by atoms with Crippen LogP contribution in [0.2, 0.25) is 5.02 Å². The van der Waals surface area contributed by atoms with Gasteiger partial charge >= 0.3 is 0 Å². The van der Waals surface area contributed by atoms with E-state index in [1.807, 2.05) is 66.7 Å². The lowest BCUT2D eigenvalue weighted by atomic mass is 9.86. The van der Waals surface area contributed by atoms with E-state index in [2.05, 4.69) is 11.1 Å². The number of para-hydroxylation sites is 2. The summed E-state index contributed by atoms with van der Waals surface area (Å²) in [7, 11) is 1.61. The summed E-state index contributed by atoms with van der Waals surface area (Å²) in [4.78, 5) is 34.5. The van der Waals surface area contributed by atoms with Crippen molar-refractivity contribution in [3.05, 3.63) is 100 Å². The molecule has 2 amide bonds. The first-order chi connectivity index (χ1) is 17.0. The third-order valence-electron chi connectivity index (χ3n) is 7.06. The number of hydrogen-bond acceptors (Lipinski definition) is 3. The first-order valence-electron chi connectivity index (χ1n) is 11.6. The first-order valence-corrected chi connectivity index (χ1v) is 12.0. The first kappa shape index (κ1) is 21.7. The lowest BCUT2D eigenvalue weighted by Crippen LogP contribution is -2.62. The number of nitrogens with one attached hydrogen (secondary N) is 1. The lowest BCUT2D eigenvalue weighted by molar-refractivity contribution is -0.159. The largest absolute Gasteiger partial charge is 0.496 e. The maximum absolute atomic E-state index is 13.9. The fraction of sp³-hybridized carbons (Fsp3) is 0.214. The Morgan fingerprint density at radius 3 is 2.66 bits per heavy atom. The van der Waals surface area contributed by atoms with Crippen LogP contribution in [0.4, 0.5) is 0 Å². The van der Waals surface area contributed by atoms with Crippen LogP contribution in [-0.2, 0) is 22.6 Å². The molecule has 0 radical (unpaired) electrons. The average molecular weight is 486 g/mol. The van der Waals surface area contributed by atoms with Crippen molar-refractivity contribution in [2.24, 2.45) is 0 Å². The van der Waals surface area contributed by atoms with Gasteiger partial charge in [0.2, 0.25) is 11.8 Å². The van der Waals surface area contributed by atoms with Crippen molar-refractivity contribution in [1.82, 2.24) is 14.8 Å². The number of fused-ring (bicyclic) bond motifs is 4. The molecule has 1 saturated heterocycles. The molecule has 1 N–H and O–H groups in total. The van der Waals surface area contributed by atoms with E-state index in [9.17, 15) is 9.59 Å². The van der Waals surface area contributed by atoms with Crippen LogP contribution in [0.25, 0.3) is 10.9 Å². The number of halogens is 1. The summed E-state index contributed by atoms with van der Waals surface area (Å²) in [5.74, 6) is 0.562. The standard InChI is InChI=1S/C28H24ClN3O3/c1-35-24-12-5-2-7-18(24)15-31-16-25(33)32-23(28(31)34)14-21-20-10-3-4-11-22(20)30-26(21)27(32)17-8-6-9-19(29)13-17/h2-13,23,27,30H,14-16H2,1H3/t23-,27?/m0/s1. The summed E-state index contributed by atoms with van der Waals surface area (Å²) in [5, 5.41) is 1.67. The number of benzene rings is 3. The van der Waals surface area contributed by atoms with E-state index in [-0.39, 0.29) is 18.4 Å². The van der Waals surface area contributed by atoms with Crippen LogP contribution in [0.5, 0.6) is 5.75 Å². The summed E-state index contributed by atoms with van der Waals surface area (Å²) in [5.41, 5.74) is 4.78. The highest BCUT2D eigenvalue weighted by Crippen LogP contribution is 2.43. The van der Waals surface area contributed by atoms with Crippen molar-refractivity contribution in [3.8, 4) is 5.75 Å². The number of aromatic amines is 1. The number of H-pyrrole nitrogens is 1. The summed E-state index contributed by atoms with van der Waals surface area (Å²) >= 11 is 6.35. The molecule has 35 heavy (non-hydrogen) atoms. The minimum Gasteiger partial charge on any atom is -0.496 e. The minimum absolute atomic E-state index is 0.0139. The number of carbonyl (C=O) groups is 2. The molecule has 2 atom stereocenters. The van der Waals surface area contributed by atoms with E-state index in [4.69, 9.17) is 16.3 Å². The second-order valence-corrected chi connectivity index (χ2v) is 9.48. The number of rotatable bonds is 4. The van der Waals surface area contributed by atoms with Crippen LogP contribution in [0, 0.1) is 0 Å². The van der Waals surface area contributed by atoms with Gasteiger partial charge < -0.3 is 19.5 Å². The Bertz CT molecular complexity index is 1460. The van der Waals surface area contributed by atoms with Gasteiger partial charge in [0, 0.05) is 40.1 Å². The Balaban J connectivity index is 1.45. The van der Waals surface area contributed by atoms with Gasteiger partial charge in [-0.05, 0) is 35.4 Å². The van der Waals surface area contributed by atoms with E-state index < -0.39 is 12.1 Å². The van der Waals surface area contributed by atoms with E-state index in [0.29, 0.717) is 23.7 Å². The van der Waals surface area contributed by atoms with Crippen molar-refractivity contribution >= 4 is 34.3 Å². The van der Waals surface area contributed by atoms with Gasteiger partial charge in [0.05, 0.1) is 13.2 Å². The number of hydrogen-bond donors (Lipinski definition) is 1. The zero-order valence-corrected chi connectivity index (χ0v) is 20.0. The van der Waals surface area contributed by atoms with Crippen molar-refractivity contribution in [3.63, 3.8) is 0 Å². The highest BCUT2D eigenvalue weighted by molar-refractivity contribution is 6.30. The molecule has 3 heterocycles. The van der Waals surface area contributed by atoms with Crippen molar-refractivity contribution < 1.29 is 14.3 Å². The third kappa shape index (κ3) is 3.56. The molecule has 3 aromatic carbocycles. The monoisotopic (exact) mass is 485 g/mol. The number of piperazine rings is 1. The van der Waals surface area contributed by atoms with Crippen molar-refractivity contribution in [2.45, 2.75) is 25.0 Å². The van der Waals surface area contributed by atoms with E-state index in [0.717, 1.165) is 33.3 Å². The van der Waals surface area contributed by atoms with Crippen molar-refractivity contribution in [2.75, 3.05) is 13.7 Å². The van der Waals surface area contributed by atoms with Gasteiger partial charge in [-0.15, -0.1) is 0 Å². The summed E-state index contributed by atoms with van der Waals surface area (Å²) < 4.78 is 5.48. The molecule has 1 fully saturated rings. The molecular weight excluding hydrogens is 462 g/mol. The molecule has 6 rings (SSSR count). The Morgan fingerprint density at radius 2 is 1.83 bits per heavy atom. The molecule has 0 saturated carbocycles.